The summed E-state index contributed by atoms with van der Waals surface area (Å²) in [6.45, 7) is 4.55. The van der Waals surface area contributed by atoms with E-state index in [1.54, 1.807) is 12.1 Å². The number of amides is 1. The van der Waals surface area contributed by atoms with Gasteiger partial charge in [-0.05, 0) is 42.5 Å². The molecule has 0 atom stereocenters. The van der Waals surface area contributed by atoms with Gasteiger partial charge in [-0.1, -0.05) is 6.07 Å². The second-order valence-electron chi connectivity index (χ2n) is 6.95. The molecule has 4 rings (SSSR count). The van der Waals surface area contributed by atoms with Crippen LogP contribution in [0.3, 0.4) is 0 Å². The van der Waals surface area contributed by atoms with E-state index >= 15 is 0 Å². The van der Waals surface area contributed by atoms with Crippen LogP contribution >= 0.6 is 0 Å². The Bertz CT molecular complexity index is 1020. The molecule has 2 heterocycles. The van der Waals surface area contributed by atoms with Crippen molar-refractivity contribution in [3.05, 3.63) is 60.7 Å². The molecule has 1 fully saturated rings. The Labute approximate surface area is 173 Å². The van der Waals surface area contributed by atoms with E-state index in [2.05, 4.69) is 35.4 Å². The van der Waals surface area contributed by atoms with Gasteiger partial charge in [-0.25, -0.2) is 14.4 Å². The summed E-state index contributed by atoms with van der Waals surface area (Å²) >= 11 is 0. The molecule has 154 valence electrons. The Morgan fingerprint density at radius 1 is 0.967 bits per heavy atom. The summed E-state index contributed by atoms with van der Waals surface area (Å²) in [4.78, 5) is 28.6. The topological polar surface area (TPSA) is 86.3 Å². The molecular formula is C21H22FN7O. The van der Waals surface area contributed by atoms with Gasteiger partial charge in [0.2, 0.25) is 17.8 Å². The predicted molar refractivity (Wildman–Crippen MR) is 115 cm³/mol. The van der Waals surface area contributed by atoms with Gasteiger partial charge in [-0.15, -0.1) is 0 Å². The molecule has 1 aromatic heterocycles. The van der Waals surface area contributed by atoms with Gasteiger partial charge in [0.15, 0.2) is 0 Å². The van der Waals surface area contributed by atoms with Crippen LogP contribution in [0.1, 0.15) is 6.92 Å². The van der Waals surface area contributed by atoms with Gasteiger partial charge in [0.1, 0.15) is 12.1 Å². The number of carbonyl (C=O) groups excluding carboxylic acids is 1. The third-order valence-corrected chi connectivity index (χ3v) is 4.75. The minimum atomic E-state index is -0.231. The number of rotatable bonds is 5. The molecular weight excluding hydrogens is 385 g/mol. The first-order valence-electron chi connectivity index (χ1n) is 9.66. The van der Waals surface area contributed by atoms with Crippen LogP contribution in [0.25, 0.3) is 0 Å². The lowest BCUT2D eigenvalue weighted by Crippen LogP contribution is -2.47. The van der Waals surface area contributed by atoms with Gasteiger partial charge in [0, 0.05) is 50.2 Å². The number of hydrogen-bond donors (Lipinski definition) is 2. The number of nitrogens with zero attached hydrogens (tertiary/aromatic N) is 5. The number of carbonyl (C=O) groups is 1. The van der Waals surface area contributed by atoms with Crippen LogP contribution < -0.4 is 20.4 Å². The maximum absolute atomic E-state index is 13.1. The summed E-state index contributed by atoms with van der Waals surface area (Å²) in [6.07, 6.45) is 1.48. The lowest BCUT2D eigenvalue weighted by molar-refractivity contribution is -0.114. The molecule has 0 unspecified atom stereocenters. The molecule has 1 saturated heterocycles. The molecule has 0 radical (unpaired) electrons. The zero-order chi connectivity index (χ0) is 20.9. The first-order chi connectivity index (χ1) is 14.6. The van der Waals surface area contributed by atoms with E-state index in [4.69, 9.17) is 0 Å². The Kier molecular flexibility index (Phi) is 5.69. The second-order valence-corrected chi connectivity index (χ2v) is 6.95. The van der Waals surface area contributed by atoms with Crippen LogP contribution in [0, 0.1) is 5.82 Å². The van der Waals surface area contributed by atoms with Crippen molar-refractivity contribution >= 4 is 34.9 Å². The average Bonchev–Trinajstić information content (AvgIpc) is 2.74. The summed E-state index contributed by atoms with van der Waals surface area (Å²) in [5.74, 6) is 0.671. The van der Waals surface area contributed by atoms with Crippen LogP contribution in [0.2, 0.25) is 0 Å². The summed E-state index contributed by atoms with van der Waals surface area (Å²) in [6, 6.07) is 13.9. The van der Waals surface area contributed by atoms with Crippen molar-refractivity contribution in [1.82, 2.24) is 15.0 Å². The summed E-state index contributed by atoms with van der Waals surface area (Å²) in [7, 11) is 0. The summed E-state index contributed by atoms with van der Waals surface area (Å²) < 4.78 is 13.1. The highest BCUT2D eigenvalue weighted by atomic mass is 19.1. The maximum atomic E-state index is 13.1. The monoisotopic (exact) mass is 407 g/mol. The molecule has 1 aliphatic rings. The van der Waals surface area contributed by atoms with Gasteiger partial charge in [0.05, 0.1) is 0 Å². The molecule has 0 saturated carbocycles. The van der Waals surface area contributed by atoms with Crippen LogP contribution in [0.15, 0.2) is 54.9 Å². The zero-order valence-corrected chi connectivity index (χ0v) is 16.5. The zero-order valence-electron chi connectivity index (χ0n) is 16.5. The molecule has 1 amide bonds. The van der Waals surface area contributed by atoms with Crippen LogP contribution in [-0.4, -0.2) is 47.0 Å². The van der Waals surface area contributed by atoms with E-state index in [0.29, 0.717) is 17.6 Å². The number of hydrogen-bond acceptors (Lipinski definition) is 7. The van der Waals surface area contributed by atoms with E-state index < -0.39 is 0 Å². The van der Waals surface area contributed by atoms with Crippen molar-refractivity contribution in [2.75, 3.05) is 46.6 Å². The Morgan fingerprint density at radius 2 is 1.67 bits per heavy atom. The number of aromatic nitrogens is 3. The second kappa shape index (κ2) is 8.73. The van der Waals surface area contributed by atoms with Crippen molar-refractivity contribution in [3.8, 4) is 0 Å². The minimum absolute atomic E-state index is 0.130. The minimum Gasteiger partial charge on any atom is -0.368 e. The molecule has 0 spiro atoms. The maximum Gasteiger partial charge on any atom is 0.231 e. The molecule has 0 bridgehead atoms. The normalized spacial score (nSPS) is 13.8. The first kappa shape index (κ1) is 19.6. The average molecular weight is 407 g/mol. The molecule has 3 aromatic rings. The Hall–Kier alpha value is -3.75. The molecule has 2 N–H and O–H groups in total. The molecule has 8 nitrogen and oxygen atoms in total. The molecule has 1 aliphatic heterocycles. The number of benzene rings is 2. The van der Waals surface area contributed by atoms with Gasteiger partial charge >= 0.3 is 0 Å². The van der Waals surface area contributed by atoms with Gasteiger partial charge in [-0.3, -0.25) is 4.79 Å². The van der Waals surface area contributed by atoms with Crippen LogP contribution in [0.5, 0.6) is 0 Å². The fourth-order valence-corrected chi connectivity index (χ4v) is 3.32. The standard InChI is InChI=1S/C21H22FN7O/c1-15(30)25-17-3-2-4-18(13-17)26-20-23-14-24-21(27-20)29-11-9-28(10-12-29)19-7-5-16(22)6-8-19/h2-8,13-14H,9-12H2,1H3,(H,25,30)(H,23,24,26,27). The predicted octanol–water partition coefficient (Wildman–Crippen LogP) is 3.04. The molecule has 30 heavy (non-hydrogen) atoms. The lowest BCUT2D eigenvalue weighted by Gasteiger charge is -2.36. The first-order valence-corrected chi connectivity index (χ1v) is 9.66. The van der Waals surface area contributed by atoms with E-state index in [-0.39, 0.29) is 11.7 Å². The quantitative estimate of drug-likeness (QED) is 0.672. The Morgan fingerprint density at radius 3 is 2.40 bits per heavy atom. The highest BCUT2D eigenvalue weighted by Gasteiger charge is 2.20. The number of piperazine rings is 1. The fourth-order valence-electron chi connectivity index (χ4n) is 3.32. The van der Waals surface area contributed by atoms with Gasteiger partial charge in [-0.2, -0.15) is 4.98 Å². The summed E-state index contributed by atoms with van der Waals surface area (Å²) in [5.41, 5.74) is 2.46. The van der Waals surface area contributed by atoms with Crippen molar-refractivity contribution in [2.45, 2.75) is 6.92 Å². The summed E-state index contributed by atoms with van der Waals surface area (Å²) in [5, 5.41) is 5.90. The molecule has 2 aromatic carbocycles. The molecule has 9 heteroatoms. The van der Waals surface area contributed by atoms with Crippen molar-refractivity contribution in [3.63, 3.8) is 0 Å². The Balaban J connectivity index is 1.40. The van der Waals surface area contributed by atoms with Gasteiger partial charge in [0.25, 0.3) is 0 Å². The fraction of sp³-hybridized carbons (Fsp3) is 0.238. The largest absolute Gasteiger partial charge is 0.368 e. The highest BCUT2D eigenvalue weighted by Crippen LogP contribution is 2.21. The number of anilines is 5. The smallest absolute Gasteiger partial charge is 0.231 e. The van der Waals surface area contributed by atoms with Crippen molar-refractivity contribution in [1.29, 1.82) is 0 Å². The van der Waals surface area contributed by atoms with E-state index in [1.807, 2.05) is 24.3 Å². The third kappa shape index (κ3) is 4.80. The number of halogens is 1. The van der Waals surface area contributed by atoms with Crippen LogP contribution in [-0.2, 0) is 4.79 Å². The van der Waals surface area contributed by atoms with Crippen LogP contribution in [0.4, 0.5) is 33.3 Å². The van der Waals surface area contributed by atoms with Gasteiger partial charge < -0.3 is 20.4 Å². The van der Waals surface area contributed by atoms with Crippen molar-refractivity contribution in [2.24, 2.45) is 0 Å². The van der Waals surface area contributed by atoms with E-state index in [9.17, 15) is 9.18 Å². The third-order valence-electron chi connectivity index (χ3n) is 4.75. The molecule has 0 aliphatic carbocycles. The number of nitrogens with one attached hydrogen (secondary N) is 2. The lowest BCUT2D eigenvalue weighted by atomic mass is 10.2. The highest BCUT2D eigenvalue weighted by molar-refractivity contribution is 5.89. The SMILES string of the molecule is CC(=O)Nc1cccc(Nc2ncnc(N3CCN(c4ccc(F)cc4)CC3)n2)c1. The van der Waals surface area contributed by atoms with E-state index in [1.165, 1.54) is 25.4 Å². The van der Waals surface area contributed by atoms with E-state index in [0.717, 1.165) is 37.6 Å². The van der Waals surface area contributed by atoms with Crippen molar-refractivity contribution < 1.29 is 9.18 Å².